The zero-order valence-electron chi connectivity index (χ0n) is 11.3. The van der Waals surface area contributed by atoms with Crippen LogP contribution in [-0.4, -0.2) is 27.6 Å². The predicted molar refractivity (Wildman–Crippen MR) is 79.4 cm³/mol. The fourth-order valence-corrected chi connectivity index (χ4v) is 3.12. The third-order valence-electron chi connectivity index (χ3n) is 3.55. The first-order chi connectivity index (χ1) is 8.66. The van der Waals surface area contributed by atoms with E-state index in [0.29, 0.717) is 10.9 Å². The summed E-state index contributed by atoms with van der Waals surface area (Å²) in [6.45, 7) is 5.42. The van der Waals surface area contributed by atoms with Crippen molar-refractivity contribution in [3.05, 3.63) is 17.8 Å². The van der Waals surface area contributed by atoms with E-state index in [1.807, 2.05) is 6.20 Å². The Bertz CT molecular complexity index is 381. The zero-order valence-corrected chi connectivity index (χ0v) is 12.9. The first-order valence-corrected chi connectivity index (χ1v) is 7.78. The van der Waals surface area contributed by atoms with Gasteiger partial charge in [-0.2, -0.15) is 5.10 Å². The monoisotopic (exact) mass is 311 g/mol. The average Bonchev–Trinajstić information content (AvgIpc) is 2.54. The van der Waals surface area contributed by atoms with E-state index >= 15 is 0 Å². The third kappa shape index (κ3) is 3.67. The molecule has 0 N–H and O–H groups in total. The molecule has 2 unspecified atom stereocenters. The van der Waals surface area contributed by atoms with Gasteiger partial charge in [-0.05, 0) is 37.8 Å². The summed E-state index contributed by atoms with van der Waals surface area (Å²) in [7, 11) is 0. The van der Waals surface area contributed by atoms with Crippen LogP contribution >= 0.6 is 15.9 Å². The molecular formula is C14H22BrN3. The quantitative estimate of drug-likeness (QED) is 0.797. The molecular weight excluding hydrogens is 290 g/mol. The second-order valence-electron chi connectivity index (χ2n) is 5.30. The highest BCUT2D eigenvalue weighted by Crippen LogP contribution is 2.26. The van der Waals surface area contributed by atoms with Crippen LogP contribution in [0.15, 0.2) is 12.3 Å². The Labute approximate surface area is 118 Å². The van der Waals surface area contributed by atoms with E-state index in [2.05, 4.69) is 50.9 Å². The van der Waals surface area contributed by atoms with Crippen LogP contribution in [0, 0.1) is 6.92 Å². The van der Waals surface area contributed by atoms with Gasteiger partial charge in [0.15, 0.2) is 5.82 Å². The van der Waals surface area contributed by atoms with Gasteiger partial charge in [-0.1, -0.05) is 35.7 Å². The van der Waals surface area contributed by atoms with Crippen LogP contribution < -0.4 is 4.90 Å². The molecule has 0 saturated carbocycles. The van der Waals surface area contributed by atoms with E-state index in [-0.39, 0.29) is 0 Å². The van der Waals surface area contributed by atoms with E-state index in [0.717, 1.165) is 12.4 Å². The number of alkyl halides is 1. The maximum atomic E-state index is 4.32. The number of anilines is 1. The molecule has 0 amide bonds. The van der Waals surface area contributed by atoms with Gasteiger partial charge in [-0.3, -0.25) is 0 Å². The summed E-state index contributed by atoms with van der Waals surface area (Å²) < 4.78 is 0. The molecule has 1 fully saturated rings. The van der Waals surface area contributed by atoms with E-state index in [9.17, 15) is 0 Å². The largest absolute Gasteiger partial charge is 0.352 e. The molecule has 3 nitrogen and oxygen atoms in total. The van der Waals surface area contributed by atoms with Crippen molar-refractivity contribution in [1.82, 2.24) is 10.2 Å². The Morgan fingerprint density at radius 1 is 1.44 bits per heavy atom. The van der Waals surface area contributed by atoms with Crippen molar-refractivity contribution in [2.45, 2.75) is 56.8 Å². The lowest BCUT2D eigenvalue weighted by atomic mass is 10.0. The minimum absolute atomic E-state index is 0.556. The van der Waals surface area contributed by atoms with Crippen molar-refractivity contribution in [2.75, 3.05) is 11.4 Å². The average molecular weight is 312 g/mol. The molecule has 1 saturated heterocycles. The smallest absolute Gasteiger partial charge is 0.151 e. The van der Waals surface area contributed by atoms with Crippen LogP contribution in [0.5, 0.6) is 0 Å². The lowest BCUT2D eigenvalue weighted by Gasteiger charge is -2.31. The highest BCUT2D eigenvalue weighted by atomic mass is 79.9. The molecule has 1 aliphatic heterocycles. The van der Waals surface area contributed by atoms with Crippen LogP contribution in [-0.2, 0) is 0 Å². The molecule has 0 bridgehead atoms. The molecule has 2 rings (SSSR count). The van der Waals surface area contributed by atoms with Gasteiger partial charge in [0.1, 0.15) is 0 Å². The van der Waals surface area contributed by atoms with Gasteiger partial charge in [0.2, 0.25) is 0 Å². The van der Waals surface area contributed by atoms with Crippen LogP contribution in [0.4, 0.5) is 5.82 Å². The maximum absolute atomic E-state index is 4.32. The van der Waals surface area contributed by atoms with Crippen molar-refractivity contribution >= 4 is 21.7 Å². The van der Waals surface area contributed by atoms with Gasteiger partial charge < -0.3 is 4.90 Å². The highest BCUT2D eigenvalue weighted by molar-refractivity contribution is 9.09. The van der Waals surface area contributed by atoms with Gasteiger partial charge in [-0.25, -0.2) is 0 Å². The summed E-state index contributed by atoms with van der Waals surface area (Å²) in [5.74, 6) is 1.05. The molecule has 2 atom stereocenters. The molecule has 1 aliphatic rings. The summed E-state index contributed by atoms with van der Waals surface area (Å²) in [6.07, 6.45) is 8.20. The van der Waals surface area contributed by atoms with Gasteiger partial charge >= 0.3 is 0 Å². The molecule has 1 aromatic heterocycles. The first-order valence-electron chi connectivity index (χ1n) is 6.87. The second-order valence-corrected chi connectivity index (χ2v) is 6.87. The summed E-state index contributed by atoms with van der Waals surface area (Å²) in [5.41, 5.74) is 1.19. The van der Waals surface area contributed by atoms with E-state index in [1.54, 1.807) is 0 Å². The Balaban J connectivity index is 2.19. The van der Waals surface area contributed by atoms with Crippen molar-refractivity contribution in [3.63, 3.8) is 0 Å². The van der Waals surface area contributed by atoms with Crippen molar-refractivity contribution < 1.29 is 0 Å². The van der Waals surface area contributed by atoms with E-state index < -0.39 is 0 Å². The van der Waals surface area contributed by atoms with Crippen LogP contribution in [0.3, 0.4) is 0 Å². The second kappa shape index (κ2) is 6.50. The summed E-state index contributed by atoms with van der Waals surface area (Å²) >= 11 is 3.69. The molecule has 2 heterocycles. The first kappa shape index (κ1) is 13.8. The molecule has 0 radical (unpaired) electrons. The number of rotatable bonds is 3. The van der Waals surface area contributed by atoms with Crippen molar-refractivity contribution in [1.29, 1.82) is 0 Å². The number of aryl methyl sites for hydroxylation is 1. The van der Waals surface area contributed by atoms with Gasteiger partial charge in [0.25, 0.3) is 0 Å². The highest BCUT2D eigenvalue weighted by Gasteiger charge is 2.23. The Morgan fingerprint density at radius 2 is 2.28 bits per heavy atom. The summed E-state index contributed by atoms with van der Waals surface area (Å²) in [6, 6.07) is 2.75. The van der Waals surface area contributed by atoms with Crippen LogP contribution in [0.2, 0.25) is 0 Å². The fourth-order valence-electron chi connectivity index (χ4n) is 2.69. The minimum atomic E-state index is 0.556. The molecule has 1 aromatic rings. The summed E-state index contributed by atoms with van der Waals surface area (Å²) in [4.78, 5) is 3.02. The molecule has 0 spiro atoms. The predicted octanol–water partition coefficient (Wildman–Crippen LogP) is 3.71. The summed E-state index contributed by atoms with van der Waals surface area (Å²) in [5, 5.41) is 8.42. The molecule has 0 aliphatic carbocycles. The number of aromatic nitrogens is 2. The maximum Gasteiger partial charge on any atom is 0.151 e. The van der Waals surface area contributed by atoms with Crippen LogP contribution in [0.25, 0.3) is 0 Å². The topological polar surface area (TPSA) is 29.0 Å². The molecule has 100 valence electrons. The zero-order chi connectivity index (χ0) is 13.0. The van der Waals surface area contributed by atoms with Crippen molar-refractivity contribution in [3.8, 4) is 0 Å². The molecule has 18 heavy (non-hydrogen) atoms. The number of halogens is 1. The Hall–Kier alpha value is -0.640. The SMILES string of the molecule is Cc1cnnc(N2CCCCCC2CC(C)Br)c1. The van der Waals surface area contributed by atoms with Gasteiger partial charge in [-0.15, -0.1) is 5.10 Å². The number of hydrogen-bond donors (Lipinski definition) is 0. The van der Waals surface area contributed by atoms with E-state index in [1.165, 1.54) is 37.7 Å². The van der Waals surface area contributed by atoms with E-state index in [4.69, 9.17) is 0 Å². The lowest BCUT2D eigenvalue weighted by molar-refractivity contribution is 0.530. The van der Waals surface area contributed by atoms with Gasteiger partial charge in [0.05, 0.1) is 6.20 Å². The van der Waals surface area contributed by atoms with Crippen molar-refractivity contribution in [2.24, 2.45) is 0 Å². The number of nitrogens with zero attached hydrogens (tertiary/aromatic N) is 3. The normalized spacial score (nSPS) is 22.6. The Kier molecular flexibility index (Phi) is 4.98. The standard InChI is InChI=1S/C14H22BrN3/c1-11-8-14(17-16-10-11)18-7-5-3-4-6-13(18)9-12(2)15/h8,10,12-13H,3-7,9H2,1-2H3. The molecule has 0 aromatic carbocycles. The minimum Gasteiger partial charge on any atom is -0.352 e. The fraction of sp³-hybridized carbons (Fsp3) is 0.714. The Morgan fingerprint density at radius 3 is 3.00 bits per heavy atom. The lowest BCUT2D eigenvalue weighted by Crippen LogP contribution is -2.37. The van der Waals surface area contributed by atoms with Gasteiger partial charge in [0, 0.05) is 17.4 Å². The molecule has 4 heteroatoms. The third-order valence-corrected chi connectivity index (χ3v) is 3.92. The van der Waals surface area contributed by atoms with Crippen LogP contribution in [0.1, 0.15) is 44.6 Å². The number of hydrogen-bond acceptors (Lipinski definition) is 3.